The minimum absolute atomic E-state index is 0.0609. The highest BCUT2D eigenvalue weighted by Gasteiger charge is 2.39. The van der Waals surface area contributed by atoms with Gasteiger partial charge >= 0.3 is 12.2 Å². The van der Waals surface area contributed by atoms with Crippen molar-refractivity contribution in [2.45, 2.75) is 90.4 Å². The van der Waals surface area contributed by atoms with Crippen LogP contribution in [-0.4, -0.2) is 98.1 Å². The topological polar surface area (TPSA) is 188 Å². The number of alkyl carbamates (subject to hydrolysis) is 2. The molecule has 306 valence electrons. The number of aromatic nitrogens is 5. The van der Waals surface area contributed by atoms with Crippen LogP contribution in [0.3, 0.4) is 0 Å². The summed E-state index contributed by atoms with van der Waals surface area (Å²) in [5.74, 6) is 0.999. The van der Waals surface area contributed by atoms with Crippen LogP contribution in [0.4, 0.5) is 9.59 Å². The number of carbonyl (C=O) groups is 4. The molecule has 7 rings (SSSR count). The van der Waals surface area contributed by atoms with E-state index in [2.05, 4.69) is 50.9 Å². The van der Waals surface area contributed by atoms with Gasteiger partial charge in [-0.25, -0.2) is 24.5 Å². The Balaban J connectivity index is 1.07. The summed E-state index contributed by atoms with van der Waals surface area (Å²) in [7, 11) is 2.59. The number of amides is 4. The molecule has 4 amide bonds. The third kappa shape index (κ3) is 8.07. The van der Waals surface area contributed by atoms with Gasteiger partial charge in [-0.3, -0.25) is 9.59 Å². The van der Waals surface area contributed by atoms with Crippen molar-refractivity contribution in [1.82, 2.24) is 45.4 Å². The Bertz CT molecular complexity index is 2300. The second kappa shape index (κ2) is 17.2. The molecule has 2 saturated heterocycles. The van der Waals surface area contributed by atoms with E-state index in [1.807, 2.05) is 61.9 Å². The predicted octanol–water partition coefficient (Wildman–Crippen LogP) is 7.04. The van der Waals surface area contributed by atoms with Gasteiger partial charge in [-0.05, 0) is 72.6 Å². The molecule has 3 aromatic heterocycles. The van der Waals surface area contributed by atoms with Gasteiger partial charge in [-0.1, -0.05) is 64.8 Å². The Morgan fingerprint density at radius 3 is 1.86 bits per heavy atom. The Hall–Kier alpha value is -5.99. The molecule has 5 aromatic rings. The third-order valence-corrected chi connectivity index (χ3v) is 12.0. The van der Waals surface area contributed by atoms with Gasteiger partial charge in [0.05, 0.1) is 49.4 Å². The summed E-state index contributed by atoms with van der Waals surface area (Å²) in [6.45, 7) is 9.06. The van der Waals surface area contributed by atoms with Crippen molar-refractivity contribution in [2.24, 2.45) is 11.8 Å². The summed E-state index contributed by atoms with van der Waals surface area (Å²) in [5.41, 5.74) is 4.90. The lowest BCUT2D eigenvalue weighted by molar-refractivity contribution is -0.136. The lowest BCUT2D eigenvalue weighted by Crippen LogP contribution is -2.51. The number of carbonyl (C=O) groups excluding carboxylic acids is 4. The maximum absolute atomic E-state index is 13.8. The van der Waals surface area contributed by atoms with Gasteiger partial charge in [0.25, 0.3) is 0 Å². The molecule has 2 fully saturated rings. The molecule has 4 N–H and O–H groups in total. The molecule has 6 atom stereocenters. The number of methoxy groups -OCH3 is 2. The molecular formula is C43H53N9O6. The Morgan fingerprint density at radius 1 is 0.741 bits per heavy atom. The monoisotopic (exact) mass is 791 g/mol. The van der Waals surface area contributed by atoms with Gasteiger partial charge in [0, 0.05) is 24.2 Å². The summed E-state index contributed by atoms with van der Waals surface area (Å²) in [6, 6.07) is 14.6. The first-order valence-electron chi connectivity index (χ1n) is 20.3. The van der Waals surface area contributed by atoms with E-state index in [1.165, 1.54) is 14.2 Å². The van der Waals surface area contributed by atoms with Crippen molar-refractivity contribution >= 4 is 45.9 Å². The summed E-state index contributed by atoms with van der Waals surface area (Å²) in [6.07, 6.45) is 5.22. The lowest BCUT2D eigenvalue weighted by Gasteiger charge is -2.30. The maximum Gasteiger partial charge on any atom is 0.407 e. The van der Waals surface area contributed by atoms with Crippen molar-refractivity contribution < 1.29 is 28.7 Å². The van der Waals surface area contributed by atoms with Gasteiger partial charge in [-0.2, -0.15) is 0 Å². The summed E-state index contributed by atoms with van der Waals surface area (Å²) in [4.78, 5) is 76.8. The molecule has 58 heavy (non-hydrogen) atoms. The van der Waals surface area contributed by atoms with Crippen LogP contribution in [0.2, 0.25) is 0 Å². The first-order valence-corrected chi connectivity index (χ1v) is 20.3. The zero-order valence-electron chi connectivity index (χ0n) is 34.0. The molecule has 0 unspecified atom stereocenters. The number of nitrogens with one attached hydrogen (secondary N) is 4. The number of imidazole rings is 2. The Kier molecular flexibility index (Phi) is 12.0. The first-order chi connectivity index (χ1) is 28.0. The van der Waals surface area contributed by atoms with E-state index in [0.29, 0.717) is 24.6 Å². The number of hydrogen-bond acceptors (Lipinski definition) is 9. The van der Waals surface area contributed by atoms with Gasteiger partial charge < -0.3 is 39.9 Å². The van der Waals surface area contributed by atoms with E-state index in [9.17, 15) is 19.2 Å². The van der Waals surface area contributed by atoms with E-state index >= 15 is 0 Å². The van der Waals surface area contributed by atoms with E-state index in [0.717, 1.165) is 83.2 Å². The molecule has 2 aromatic carbocycles. The fraction of sp³-hybridized carbons (Fsp3) is 0.465. The second-order valence-corrected chi connectivity index (χ2v) is 15.5. The highest BCUT2D eigenvalue weighted by atomic mass is 16.5. The van der Waals surface area contributed by atoms with Gasteiger partial charge in [0.2, 0.25) is 11.8 Å². The molecule has 0 spiro atoms. The number of fused-ring (bicyclic) bond motifs is 2. The van der Waals surface area contributed by atoms with Gasteiger partial charge in [-0.15, -0.1) is 0 Å². The number of aromatic amines is 2. The number of benzene rings is 2. The standard InChI is InChI=1S/C43H53N9O6/c1-7-24(3)35(48-42(55)57-5)40(53)51-19-9-11-33(51)38-44-23-32(47-38)29-16-14-26-21-28(15-13-27(26)22-29)30-17-18-31-37(45-30)50-39(46-31)34-12-10-20-52(34)41(54)36(25(4)8-2)49-43(56)58-6/h13-18,21-25,33-36H,7-12,19-20H2,1-6H3,(H,44,47)(H,48,55)(H,49,56)(H,45,46,50)/t24-,25-,33+,34+,35+,36+/m1/s1. The number of nitrogens with zero attached hydrogens (tertiary/aromatic N) is 5. The smallest absolute Gasteiger partial charge is 0.407 e. The van der Waals surface area contributed by atoms with Crippen molar-refractivity contribution in [3.63, 3.8) is 0 Å². The van der Waals surface area contributed by atoms with Crippen molar-refractivity contribution in [2.75, 3.05) is 27.3 Å². The minimum Gasteiger partial charge on any atom is -0.453 e. The molecule has 0 bridgehead atoms. The molecule has 15 heteroatoms. The number of likely N-dealkylation sites (tertiary alicyclic amines) is 2. The number of pyridine rings is 1. The molecule has 2 aliphatic heterocycles. The predicted molar refractivity (Wildman–Crippen MR) is 219 cm³/mol. The van der Waals surface area contributed by atoms with Crippen molar-refractivity contribution in [1.29, 1.82) is 0 Å². The highest BCUT2D eigenvalue weighted by Crippen LogP contribution is 2.35. The fourth-order valence-electron chi connectivity index (χ4n) is 8.18. The quantitative estimate of drug-likeness (QED) is 0.103. The van der Waals surface area contributed by atoms with Crippen LogP contribution in [0.1, 0.15) is 90.0 Å². The van der Waals surface area contributed by atoms with Crippen LogP contribution in [0.15, 0.2) is 54.7 Å². The molecular weight excluding hydrogens is 739 g/mol. The summed E-state index contributed by atoms with van der Waals surface area (Å²) >= 11 is 0. The van der Waals surface area contributed by atoms with Gasteiger partial charge in [0.1, 0.15) is 23.7 Å². The molecule has 0 saturated carbocycles. The fourth-order valence-corrected chi connectivity index (χ4v) is 8.18. The molecule has 2 aliphatic rings. The molecule has 0 aliphatic carbocycles. The maximum atomic E-state index is 13.8. The zero-order valence-corrected chi connectivity index (χ0v) is 34.0. The van der Waals surface area contributed by atoms with E-state index < -0.39 is 24.3 Å². The minimum atomic E-state index is -0.695. The molecule has 0 radical (unpaired) electrons. The average Bonchev–Trinajstić information content (AvgIpc) is 4.09. The Morgan fingerprint density at radius 2 is 1.29 bits per heavy atom. The second-order valence-electron chi connectivity index (χ2n) is 15.5. The molecule has 5 heterocycles. The number of rotatable bonds is 12. The number of hydrogen-bond donors (Lipinski definition) is 4. The average molecular weight is 792 g/mol. The number of ether oxygens (including phenoxy) is 2. The summed E-state index contributed by atoms with van der Waals surface area (Å²) < 4.78 is 9.62. The van der Waals surface area contributed by atoms with Crippen LogP contribution in [-0.2, 0) is 19.1 Å². The van der Waals surface area contributed by atoms with Crippen LogP contribution in [0.25, 0.3) is 44.5 Å². The van der Waals surface area contributed by atoms with Gasteiger partial charge in [0.15, 0.2) is 5.65 Å². The van der Waals surface area contributed by atoms with Crippen molar-refractivity contribution in [3.8, 4) is 22.5 Å². The summed E-state index contributed by atoms with van der Waals surface area (Å²) in [5, 5.41) is 7.59. The van der Waals surface area contributed by atoms with E-state index in [4.69, 9.17) is 24.4 Å². The number of H-pyrrole nitrogens is 2. The molecule has 15 nitrogen and oxygen atoms in total. The third-order valence-electron chi connectivity index (χ3n) is 12.0. The normalized spacial score (nSPS) is 18.9. The van der Waals surface area contributed by atoms with Crippen LogP contribution in [0.5, 0.6) is 0 Å². The SMILES string of the molecule is CC[C@@H](C)[C@H](NC(=O)OC)C(=O)N1CCC[C@H]1c1ncc(-c2ccc3cc(-c4ccc5[nH]c([C@@H]6CCCN6C(=O)[C@@H](NC(=O)OC)[C@H](C)CC)nc5n4)ccc3c2)[nH]1. The largest absolute Gasteiger partial charge is 0.453 e. The van der Waals surface area contributed by atoms with Crippen LogP contribution >= 0.6 is 0 Å². The van der Waals surface area contributed by atoms with Crippen LogP contribution in [0, 0.1) is 11.8 Å². The van der Waals surface area contributed by atoms with E-state index in [1.54, 1.807) is 0 Å². The Labute approximate surface area is 337 Å². The van der Waals surface area contributed by atoms with E-state index in [-0.39, 0.29) is 35.7 Å². The van der Waals surface area contributed by atoms with Crippen molar-refractivity contribution in [3.05, 3.63) is 66.4 Å². The van der Waals surface area contributed by atoms with Crippen LogP contribution < -0.4 is 10.6 Å². The highest BCUT2D eigenvalue weighted by molar-refractivity contribution is 5.91. The first kappa shape index (κ1) is 40.2. The lowest BCUT2D eigenvalue weighted by atomic mass is 9.97. The zero-order chi connectivity index (χ0) is 41.1.